The summed E-state index contributed by atoms with van der Waals surface area (Å²) in [6, 6.07) is 4.96. The summed E-state index contributed by atoms with van der Waals surface area (Å²) < 4.78 is 15.3. The molecule has 9 heteroatoms. The number of ether oxygens (including phenoxy) is 3. The van der Waals surface area contributed by atoms with Crippen molar-refractivity contribution < 1.29 is 28.6 Å². The Kier molecular flexibility index (Phi) is 8.95. The van der Waals surface area contributed by atoms with Gasteiger partial charge in [-0.2, -0.15) is 0 Å². The molecule has 31 heavy (non-hydrogen) atoms. The Hall–Kier alpha value is -2.51. The molecule has 7 nitrogen and oxygen atoms in total. The lowest BCUT2D eigenvalue weighted by Crippen LogP contribution is -2.33. The van der Waals surface area contributed by atoms with Crippen molar-refractivity contribution in [3.8, 4) is 0 Å². The van der Waals surface area contributed by atoms with E-state index >= 15 is 0 Å². The van der Waals surface area contributed by atoms with Gasteiger partial charge in [0.15, 0.2) is 0 Å². The van der Waals surface area contributed by atoms with Crippen LogP contribution in [0.25, 0.3) is 0 Å². The van der Waals surface area contributed by atoms with Crippen molar-refractivity contribution in [1.82, 2.24) is 5.32 Å². The zero-order valence-electron chi connectivity index (χ0n) is 17.8. The van der Waals surface area contributed by atoms with Crippen LogP contribution in [0.1, 0.15) is 52.0 Å². The highest BCUT2D eigenvalue weighted by Crippen LogP contribution is 2.43. The van der Waals surface area contributed by atoms with Gasteiger partial charge in [-0.3, -0.25) is 4.79 Å². The predicted molar refractivity (Wildman–Crippen MR) is 116 cm³/mol. The van der Waals surface area contributed by atoms with Crippen molar-refractivity contribution in [3.63, 3.8) is 0 Å². The maximum absolute atomic E-state index is 13.0. The van der Waals surface area contributed by atoms with E-state index in [1.807, 2.05) is 6.92 Å². The van der Waals surface area contributed by atoms with E-state index in [0.29, 0.717) is 23.4 Å². The molecule has 1 heterocycles. The maximum atomic E-state index is 13.0. The van der Waals surface area contributed by atoms with Crippen molar-refractivity contribution >= 4 is 41.1 Å². The molecule has 0 saturated heterocycles. The van der Waals surface area contributed by atoms with Crippen molar-refractivity contribution in [2.75, 3.05) is 13.4 Å². The van der Waals surface area contributed by atoms with E-state index in [0.717, 1.165) is 0 Å². The SMILES string of the molecule is CCCC(=O)OCOC(=O)C1=C(C)NC(C)=C(C(=O)OCC)C1c1cccc(Cl)c1Cl. The Morgan fingerprint density at radius 3 is 2.16 bits per heavy atom. The summed E-state index contributed by atoms with van der Waals surface area (Å²) >= 11 is 12.6. The Labute approximate surface area is 191 Å². The topological polar surface area (TPSA) is 90.9 Å². The fourth-order valence-electron chi connectivity index (χ4n) is 3.30. The Bertz CT molecular complexity index is 938. The Balaban J connectivity index is 2.47. The summed E-state index contributed by atoms with van der Waals surface area (Å²) in [5, 5.41) is 3.51. The molecule has 1 N–H and O–H groups in total. The van der Waals surface area contributed by atoms with E-state index in [1.165, 1.54) is 0 Å². The number of rotatable bonds is 8. The quantitative estimate of drug-likeness (QED) is 0.438. The summed E-state index contributed by atoms with van der Waals surface area (Å²) in [4.78, 5) is 37.3. The third-order valence-electron chi connectivity index (χ3n) is 4.63. The minimum Gasteiger partial charge on any atom is -0.463 e. The molecule has 1 aromatic carbocycles. The van der Waals surface area contributed by atoms with E-state index in [9.17, 15) is 14.4 Å². The zero-order valence-corrected chi connectivity index (χ0v) is 19.4. The van der Waals surface area contributed by atoms with Crippen molar-refractivity contribution in [3.05, 3.63) is 56.3 Å². The summed E-state index contributed by atoms with van der Waals surface area (Å²) in [7, 11) is 0. The number of carbonyl (C=O) groups is 3. The van der Waals surface area contributed by atoms with Gasteiger partial charge in [-0.25, -0.2) is 9.59 Å². The van der Waals surface area contributed by atoms with Crippen LogP contribution in [0.2, 0.25) is 10.0 Å². The van der Waals surface area contributed by atoms with Gasteiger partial charge in [0, 0.05) is 17.8 Å². The second kappa shape index (κ2) is 11.2. The van der Waals surface area contributed by atoms with Gasteiger partial charge < -0.3 is 19.5 Å². The maximum Gasteiger partial charge on any atom is 0.339 e. The van der Waals surface area contributed by atoms with Crippen LogP contribution in [0.4, 0.5) is 0 Å². The average Bonchev–Trinajstić information content (AvgIpc) is 2.69. The van der Waals surface area contributed by atoms with Gasteiger partial charge in [-0.15, -0.1) is 0 Å². The number of halogens is 2. The van der Waals surface area contributed by atoms with E-state index in [-0.39, 0.29) is 34.2 Å². The van der Waals surface area contributed by atoms with Crippen LogP contribution >= 0.6 is 23.2 Å². The first-order valence-corrected chi connectivity index (χ1v) is 10.6. The molecule has 0 aromatic heterocycles. The molecule has 1 atom stereocenters. The van der Waals surface area contributed by atoms with Gasteiger partial charge in [-0.05, 0) is 38.8 Å². The van der Waals surface area contributed by atoms with E-state index in [2.05, 4.69) is 5.32 Å². The molecule has 0 radical (unpaired) electrons. The number of allylic oxidation sites excluding steroid dienone is 2. The van der Waals surface area contributed by atoms with Gasteiger partial charge in [0.2, 0.25) is 6.79 Å². The molecule has 0 bridgehead atoms. The minimum absolute atomic E-state index is 0.143. The van der Waals surface area contributed by atoms with Gasteiger partial charge >= 0.3 is 17.9 Å². The van der Waals surface area contributed by atoms with Crippen molar-refractivity contribution in [1.29, 1.82) is 0 Å². The first-order valence-electron chi connectivity index (χ1n) is 9.85. The molecule has 0 fully saturated rings. The number of dihydropyridines is 1. The predicted octanol–water partition coefficient (Wildman–Crippen LogP) is 4.64. The lowest BCUT2D eigenvalue weighted by Gasteiger charge is -2.31. The molecule has 2 rings (SSSR count). The number of carbonyl (C=O) groups excluding carboxylic acids is 3. The van der Waals surface area contributed by atoms with Crippen molar-refractivity contribution in [2.45, 2.75) is 46.5 Å². The lowest BCUT2D eigenvalue weighted by molar-refractivity contribution is -0.164. The summed E-state index contributed by atoms with van der Waals surface area (Å²) in [5.74, 6) is -2.71. The van der Waals surface area contributed by atoms with Crippen LogP contribution in [0.3, 0.4) is 0 Å². The van der Waals surface area contributed by atoms with Crippen molar-refractivity contribution in [2.24, 2.45) is 0 Å². The van der Waals surface area contributed by atoms with Gasteiger partial charge in [0.1, 0.15) is 0 Å². The first-order chi connectivity index (χ1) is 14.7. The van der Waals surface area contributed by atoms with Gasteiger partial charge in [0.25, 0.3) is 0 Å². The van der Waals surface area contributed by atoms with Crippen LogP contribution in [0.5, 0.6) is 0 Å². The molecule has 0 saturated carbocycles. The highest BCUT2D eigenvalue weighted by molar-refractivity contribution is 6.42. The molecule has 1 aromatic rings. The third kappa shape index (κ3) is 5.80. The van der Waals surface area contributed by atoms with E-state index in [1.54, 1.807) is 39.0 Å². The monoisotopic (exact) mass is 469 g/mol. The van der Waals surface area contributed by atoms with E-state index in [4.69, 9.17) is 37.4 Å². The molecule has 0 aliphatic carbocycles. The Morgan fingerprint density at radius 1 is 0.968 bits per heavy atom. The van der Waals surface area contributed by atoms with E-state index < -0.39 is 30.6 Å². The summed E-state index contributed by atoms with van der Waals surface area (Å²) in [6.45, 7) is 6.52. The van der Waals surface area contributed by atoms with Crippen LogP contribution in [0, 0.1) is 0 Å². The molecule has 168 valence electrons. The number of hydrogen-bond acceptors (Lipinski definition) is 7. The van der Waals surface area contributed by atoms with Crippen LogP contribution in [-0.2, 0) is 28.6 Å². The Morgan fingerprint density at radius 2 is 1.58 bits per heavy atom. The number of nitrogens with one attached hydrogen (secondary N) is 1. The normalized spacial score (nSPS) is 16.0. The standard InChI is InChI=1S/C22H25Cl2NO6/c1-5-8-16(26)30-11-31-22(28)18-13(4)25-12(3)17(21(27)29-6-2)19(18)14-9-7-10-15(23)20(14)24/h7,9-10,19,25H,5-6,8,11H2,1-4H3. The van der Waals surface area contributed by atoms with Crippen LogP contribution in [-0.4, -0.2) is 31.3 Å². The highest BCUT2D eigenvalue weighted by Gasteiger charge is 2.39. The summed E-state index contributed by atoms with van der Waals surface area (Å²) in [5.41, 5.74) is 1.79. The van der Waals surface area contributed by atoms with Gasteiger partial charge in [-0.1, -0.05) is 42.3 Å². The molecule has 0 amide bonds. The fraction of sp³-hybridized carbons (Fsp3) is 0.409. The third-order valence-corrected chi connectivity index (χ3v) is 5.47. The molecule has 1 unspecified atom stereocenters. The molecular weight excluding hydrogens is 445 g/mol. The smallest absolute Gasteiger partial charge is 0.339 e. The second-order valence-corrected chi connectivity index (χ2v) is 7.60. The number of benzene rings is 1. The summed E-state index contributed by atoms with van der Waals surface area (Å²) in [6.07, 6.45) is 0.833. The molecule has 1 aliphatic rings. The molecular formula is C22H25Cl2NO6. The molecule has 1 aliphatic heterocycles. The minimum atomic E-state index is -0.884. The number of esters is 3. The van der Waals surface area contributed by atoms with Crippen LogP contribution < -0.4 is 5.32 Å². The second-order valence-electron chi connectivity index (χ2n) is 6.81. The largest absolute Gasteiger partial charge is 0.463 e. The fourth-order valence-corrected chi connectivity index (χ4v) is 3.72. The van der Waals surface area contributed by atoms with Gasteiger partial charge in [0.05, 0.1) is 33.7 Å². The van der Waals surface area contributed by atoms with Crippen LogP contribution in [0.15, 0.2) is 40.7 Å². The number of hydrogen-bond donors (Lipinski definition) is 1. The first kappa shape index (κ1) is 24.8. The lowest BCUT2D eigenvalue weighted by atomic mass is 9.80. The molecule has 0 spiro atoms. The highest BCUT2D eigenvalue weighted by atomic mass is 35.5. The average molecular weight is 470 g/mol. The zero-order chi connectivity index (χ0) is 23.1.